The summed E-state index contributed by atoms with van der Waals surface area (Å²) in [5, 5.41) is 1.74. The Bertz CT molecular complexity index is 429. The molecule has 1 rings (SSSR count). The van der Waals surface area contributed by atoms with Crippen LogP contribution >= 0.6 is 11.6 Å². The van der Waals surface area contributed by atoms with Gasteiger partial charge in [0, 0.05) is 11.1 Å². The number of carbonyl (C=O) groups is 1. The number of rotatable bonds is 3. The first kappa shape index (κ1) is 14.9. The number of halogens is 3. The highest BCUT2D eigenvalue weighted by Gasteiger charge is 2.23. The van der Waals surface area contributed by atoms with Crippen LogP contribution in [0.3, 0.4) is 0 Å². The third-order valence-corrected chi connectivity index (χ3v) is 2.63. The molecule has 0 aromatic heterocycles. The van der Waals surface area contributed by atoms with E-state index >= 15 is 0 Å². The van der Waals surface area contributed by atoms with Gasteiger partial charge in [0.25, 0.3) is 6.43 Å². The van der Waals surface area contributed by atoms with Crippen molar-refractivity contribution in [3.05, 3.63) is 35.4 Å². The van der Waals surface area contributed by atoms with Gasteiger partial charge in [-0.15, -0.1) is 11.6 Å². The number of nitrogens with one attached hydrogen (secondary N) is 1. The van der Waals surface area contributed by atoms with E-state index in [9.17, 15) is 13.6 Å². The topological polar surface area (TPSA) is 29.1 Å². The van der Waals surface area contributed by atoms with E-state index in [0.717, 1.165) is 0 Å². The SMILES string of the molecule is CC(C)(C)NC(=O)C(Cl)c1cccc(C(F)F)c1. The molecule has 1 atom stereocenters. The molecule has 5 heteroatoms. The molecular weight excluding hydrogens is 260 g/mol. The molecule has 0 fully saturated rings. The van der Waals surface area contributed by atoms with Crippen LogP contribution in [0.5, 0.6) is 0 Å². The van der Waals surface area contributed by atoms with Crippen LogP contribution in [-0.2, 0) is 4.79 Å². The summed E-state index contributed by atoms with van der Waals surface area (Å²) >= 11 is 5.98. The van der Waals surface area contributed by atoms with Crippen LogP contribution in [0.2, 0.25) is 0 Å². The van der Waals surface area contributed by atoms with Gasteiger partial charge in [0.2, 0.25) is 5.91 Å². The van der Waals surface area contributed by atoms with Crippen LogP contribution in [-0.4, -0.2) is 11.4 Å². The molecule has 1 aromatic rings. The van der Waals surface area contributed by atoms with Crippen molar-refractivity contribution in [3.8, 4) is 0 Å². The molecule has 1 aromatic carbocycles. The Morgan fingerprint density at radius 1 is 1.28 bits per heavy atom. The second-order valence-corrected chi connectivity index (χ2v) is 5.51. The lowest BCUT2D eigenvalue weighted by molar-refractivity contribution is -0.122. The van der Waals surface area contributed by atoms with E-state index in [1.165, 1.54) is 18.2 Å². The smallest absolute Gasteiger partial charge is 0.263 e. The number of carbonyl (C=O) groups excluding carboxylic acids is 1. The lowest BCUT2D eigenvalue weighted by Gasteiger charge is -2.22. The maximum absolute atomic E-state index is 12.5. The molecule has 0 saturated heterocycles. The minimum absolute atomic E-state index is 0.137. The van der Waals surface area contributed by atoms with Gasteiger partial charge >= 0.3 is 0 Å². The predicted molar refractivity (Wildman–Crippen MR) is 67.9 cm³/mol. The summed E-state index contributed by atoms with van der Waals surface area (Å²) in [6.45, 7) is 5.47. The van der Waals surface area contributed by atoms with Gasteiger partial charge in [0.1, 0.15) is 5.38 Å². The van der Waals surface area contributed by atoms with Crippen molar-refractivity contribution < 1.29 is 13.6 Å². The highest BCUT2D eigenvalue weighted by Crippen LogP contribution is 2.26. The van der Waals surface area contributed by atoms with E-state index in [-0.39, 0.29) is 5.56 Å². The summed E-state index contributed by atoms with van der Waals surface area (Å²) in [6, 6.07) is 5.59. The number of hydrogen-bond donors (Lipinski definition) is 1. The van der Waals surface area contributed by atoms with E-state index in [0.29, 0.717) is 5.56 Å². The van der Waals surface area contributed by atoms with Crippen LogP contribution in [0.4, 0.5) is 8.78 Å². The van der Waals surface area contributed by atoms with E-state index in [2.05, 4.69) is 5.32 Å². The molecule has 100 valence electrons. The number of alkyl halides is 3. The highest BCUT2D eigenvalue weighted by molar-refractivity contribution is 6.30. The van der Waals surface area contributed by atoms with Crippen LogP contribution < -0.4 is 5.32 Å². The minimum atomic E-state index is -2.57. The van der Waals surface area contributed by atoms with Gasteiger partial charge in [0.15, 0.2) is 0 Å². The summed E-state index contributed by atoms with van der Waals surface area (Å²) in [6.07, 6.45) is -2.57. The van der Waals surface area contributed by atoms with Crippen LogP contribution in [0, 0.1) is 0 Å². The third kappa shape index (κ3) is 4.26. The standard InChI is InChI=1S/C13H16ClF2NO/c1-13(2,3)17-12(18)10(14)8-5-4-6-9(7-8)11(15)16/h4-7,10-11H,1-3H3,(H,17,18). The maximum Gasteiger partial charge on any atom is 0.263 e. The molecule has 0 aliphatic heterocycles. The fourth-order valence-corrected chi connectivity index (χ4v) is 1.63. The fourth-order valence-electron chi connectivity index (χ4n) is 1.44. The van der Waals surface area contributed by atoms with Crippen LogP contribution in [0.15, 0.2) is 24.3 Å². The molecular formula is C13H16ClF2NO. The second kappa shape index (κ2) is 5.65. The lowest BCUT2D eigenvalue weighted by Crippen LogP contribution is -2.42. The van der Waals surface area contributed by atoms with E-state index < -0.39 is 23.2 Å². The number of amides is 1. The normalized spacial score (nSPS) is 13.5. The summed E-state index contributed by atoms with van der Waals surface area (Å²) in [5.41, 5.74) is -0.178. The molecule has 1 N–H and O–H groups in total. The second-order valence-electron chi connectivity index (χ2n) is 5.07. The van der Waals surface area contributed by atoms with Crippen molar-refractivity contribution in [3.63, 3.8) is 0 Å². The molecule has 2 nitrogen and oxygen atoms in total. The monoisotopic (exact) mass is 275 g/mol. The first-order valence-electron chi connectivity index (χ1n) is 5.55. The van der Waals surface area contributed by atoms with Crippen molar-refractivity contribution >= 4 is 17.5 Å². The minimum Gasteiger partial charge on any atom is -0.350 e. The van der Waals surface area contributed by atoms with Gasteiger partial charge in [-0.3, -0.25) is 4.79 Å². The summed E-state index contributed by atoms with van der Waals surface area (Å²) in [5.74, 6) is -0.393. The van der Waals surface area contributed by atoms with Gasteiger partial charge < -0.3 is 5.32 Å². The van der Waals surface area contributed by atoms with Crippen molar-refractivity contribution in [2.45, 2.75) is 38.1 Å². The predicted octanol–water partition coefficient (Wildman–Crippen LogP) is 3.82. The van der Waals surface area contributed by atoms with Gasteiger partial charge in [-0.05, 0) is 32.4 Å². The summed E-state index contributed by atoms with van der Waals surface area (Å²) in [4.78, 5) is 11.8. The van der Waals surface area contributed by atoms with Gasteiger partial charge in [-0.1, -0.05) is 18.2 Å². The van der Waals surface area contributed by atoms with Crippen molar-refractivity contribution in [1.82, 2.24) is 5.32 Å². The third-order valence-electron chi connectivity index (χ3n) is 2.18. The molecule has 0 heterocycles. The Morgan fingerprint density at radius 2 is 1.83 bits per heavy atom. The lowest BCUT2D eigenvalue weighted by atomic mass is 10.1. The first-order valence-corrected chi connectivity index (χ1v) is 5.98. The van der Waals surface area contributed by atoms with Crippen molar-refractivity contribution in [2.75, 3.05) is 0 Å². The molecule has 0 saturated carbocycles. The molecule has 1 amide bonds. The molecule has 18 heavy (non-hydrogen) atoms. The van der Waals surface area contributed by atoms with Crippen LogP contribution in [0.1, 0.15) is 43.7 Å². The first-order chi connectivity index (χ1) is 8.20. The highest BCUT2D eigenvalue weighted by atomic mass is 35.5. The molecule has 1 unspecified atom stereocenters. The molecule has 0 bridgehead atoms. The van der Waals surface area contributed by atoms with E-state index in [1.807, 2.05) is 20.8 Å². The molecule has 0 radical (unpaired) electrons. The zero-order chi connectivity index (χ0) is 13.9. The number of hydrogen-bond acceptors (Lipinski definition) is 1. The maximum atomic E-state index is 12.5. The Hall–Kier alpha value is -1.16. The average molecular weight is 276 g/mol. The van der Waals surface area contributed by atoms with Crippen molar-refractivity contribution in [1.29, 1.82) is 0 Å². The zero-order valence-electron chi connectivity index (χ0n) is 10.5. The van der Waals surface area contributed by atoms with Crippen molar-refractivity contribution in [2.24, 2.45) is 0 Å². The summed E-state index contributed by atoms with van der Waals surface area (Å²) in [7, 11) is 0. The molecule has 0 aliphatic rings. The van der Waals surface area contributed by atoms with E-state index in [4.69, 9.17) is 11.6 Å². The van der Waals surface area contributed by atoms with Gasteiger partial charge in [-0.2, -0.15) is 0 Å². The Morgan fingerprint density at radius 3 is 2.33 bits per heavy atom. The molecule has 0 aliphatic carbocycles. The summed E-state index contributed by atoms with van der Waals surface area (Å²) < 4.78 is 25.1. The zero-order valence-corrected chi connectivity index (χ0v) is 11.3. The number of benzene rings is 1. The Kier molecular flexibility index (Phi) is 4.68. The van der Waals surface area contributed by atoms with E-state index in [1.54, 1.807) is 6.07 Å². The Labute approximate surface area is 110 Å². The largest absolute Gasteiger partial charge is 0.350 e. The van der Waals surface area contributed by atoms with Gasteiger partial charge in [0.05, 0.1) is 0 Å². The fraction of sp³-hybridized carbons (Fsp3) is 0.462. The average Bonchev–Trinajstić information content (AvgIpc) is 2.26. The quantitative estimate of drug-likeness (QED) is 0.835. The Balaban J connectivity index is 2.87. The van der Waals surface area contributed by atoms with Crippen LogP contribution in [0.25, 0.3) is 0 Å². The molecule has 0 spiro atoms. The van der Waals surface area contributed by atoms with Gasteiger partial charge in [-0.25, -0.2) is 8.78 Å².